The van der Waals surface area contributed by atoms with Crippen LogP contribution in [0.4, 0.5) is 4.79 Å². The van der Waals surface area contributed by atoms with E-state index in [-0.39, 0.29) is 0 Å². The van der Waals surface area contributed by atoms with Gasteiger partial charge >= 0.3 is 6.03 Å². The van der Waals surface area contributed by atoms with Crippen LogP contribution in [0.1, 0.15) is 32.6 Å². The van der Waals surface area contributed by atoms with Crippen molar-refractivity contribution >= 4 is 23.5 Å². The number of urea groups is 1. The molecular weight excluding hydrogens is 216 g/mol. The number of alkyl halides is 1. The van der Waals surface area contributed by atoms with Crippen molar-refractivity contribution in [3.8, 4) is 0 Å². The topological polar surface area (TPSA) is 58.2 Å². The number of carbonyl (C=O) groups excluding carboxylic acids is 2. The normalized spacial score (nSPS) is 16.9. The van der Waals surface area contributed by atoms with Gasteiger partial charge in [-0.3, -0.25) is 10.1 Å². The van der Waals surface area contributed by atoms with Crippen LogP contribution in [-0.4, -0.2) is 23.9 Å². The Morgan fingerprint density at radius 1 is 1.47 bits per heavy atom. The van der Waals surface area contributed by atoms with Crippen molar-refractivity contribution in [3.05, 3.63) is 0 Å². The predicted octanol–water partition coefficient (Wildman–Crippen LogP) is 1.63. The minimum atomic E-state index is -0.679. The zero-order valence-electron chi connectivity index (χ0n) is 8.88. The lowest BCUT2D eigenvalue weighted by Crippen LogP contribution is -2.42. The van der Waals surface area contributed by atoms with Crippen LogP contribution in [0.2, 0.25) is 0 Å². The van der Waals surface area contributed by atoms with Gasteiger partial charge in [0.1, 0.15) is 5.38 Å². The molecular formula is C10H17ClN2O2. The molecule has 15 heavy (non-hydrogen) atoms. The molecule has 1 unspecified atom stereocenters. The molecule has 0 bridgehead atoms. The fourth-order valence-electron chi connectivity index (χ4n) is 1.25. The summed E-state index contributed by atoms with van der Waals surface area (Å²) in [6.45, 7) is 2.14. The van der Waals surface area contributed by atoms with E-state index in [1.807, 2.05) is 0 Å². The first-order valence-electron chi connectivity index (χ1n) is 5.32. The number of rotatable bonds is 5. The minimum absolute atomic E-state index is 0.455. The minimum Gasteiger partial charge on any atom is -0.338 e. The van der Waals surface area contributed by atoms with Gasteiger partial charge in [0, 0.05) is 6.54 Å². The van der Waals surface area contributed by atoms with Gasteiger partial charge in [-0.05, 0) is 25.7 Å². The second kappa shape index (κ2) is 5.95. The highest BCUT2D eigenvalue weighted by Gasteiger charge is 2.20. The third-order valence-electron chi connectivity index (χ3n) is 2.37. The number of nitrogens with one attached hydrogen (secondary N) is 2. The van der Waals surface area contributed by atoms with Crippen molar-refractivity contribution in [3.63, 3.8) is 0 Å². The standard InChI is InChI=1S/C10H17ClN2O2/c1-7(11)9(14)13-10(15)12-6-2-3-8-4-5-8/h7-8H,2-6H2,1H3,(H2,12,13,14,15). The lowest BCUT2D eigenvalue weighted by Gasteiger charge is -2.07. The van der Waals surface area contributed by atoms with E-state index in [1.165, 1.54) is 26.2 Å². The Balaban J connectivity index is 1.99. The van der Waals surface area contributed by atoms with Crippen molar-refractivity contribution in [1.82, 2.24) is 10.6 Å². The first kappa shape index (κ1) is 12.3. The number of carbonyl (C=O) groups is 2. The Morgan fingerprint density at radius 2 is 2.13 bits per heavy atom. The van der Waals surface area contributed by atoms with E-state index in [0.717, 1.165) is 12.3 Å². The molecule has 0 aromatic carbocycles. The van der Waals surface area contributed by atoms with Crippen LogP contribution < -0.4 is 10.6 Å². The summed E-state index contributed by atoms with van der Waals surface area (Å²) < 4.78 is 0. The molecule has 0 radical (unpaired) electrons. The Kier molecular flexibility index (Phi) is 4.88. The lowest BCUT2D eigenvalue weighted by atomic mass is 10.2. The zero-order valence-corrected chi connectivity index (χ0v) is 9.64. The zero-order chi connectivity index (χ0) is 11.3. The molecule has 0 spiro atoms. The molecule has 1 atom stereocenters. The van der Waals surface area contributed by atoms with Gasteiger partial charge in [0.15, 0.2) is 0 Å². The van der Waals surface area contributed by atoms with Crippen molar-refractivity contribution < 1.29 is 9.59 Å². The average molecular weight is 233 g/mol. The molecule has 0 saturated heterocycles. The van der Waals surface area contributed by atoms with Crippen molar-refractivity contribution in [2.75, 3.05) is 6.54 Å². The molecule has 1 aliphatic carbocycles. The monoisotopic (exact) mass is 232 g/mol. The maximum atomic E-state index is 11.1. The number of hydrogen-bond donors (Lipinski definition) is 2. The summed E-state index contributed by atoms with van der Waals surface area (Å²) in [5.74, 6) is 0.413. The second-order valence-electron chi connectivity index (χ2n) is 3.95. The summed E-state index contributed by atoms with van der Waals surface area (Å²) in [5, 5.41) is 4.11. The number of amides is 3. The SMILES string of the molecule is CC(Cl)C(=O)NC(=O)NCCCC1CC1. The molecule has 3 amide bonds. The molecule has 1 aliphatic rings. The van der Waals surface area contributed by atoms with Gasteiger partial charge in [-0.25, -0.2) is 4.79 Å². The van der Waals surface area contributed by atoms with Crippen molar-refractivity contribution in [2.45, 2.75) is 38.0 Å². The fourth-order valence-corrected chi connectivity index (χ4v) is 1.31. The van der Waals surface area contributed by atoms with Crippen molar-refractivity contribution in [2.24, 2.45) is 5.92 Å². The highest BCUT2D eigenvalue weighted by molar-refractivity contribution is 6.31. The van der Waals surface area contributed by atoms with E-state index in [9.17, 15) is 9.59 Å². The second-order valence-corrected chi connectivity index (χ2v) is 4.60. The largest absolute Gasteiger partial charge is 0.338 e. The predicted molar refractivity (Wildman–Crippen MR) is 58.8 cm³/mol. The highest BCUT2D eigenvalue weighted by atomic mass is 35.5. The molecule has 0 aromatic rings. The third-order valence-corrected chi connectivity index (χ3v) is 2.57. The number of imide groups is 1. The van der Waals surface area contributed by atoms with E-state index in [4.69, 9.17) is 11.6 Å². The van der Waals surface area contributed by atoms with Crippen LogP contribution in [0.15, 0.2) is 0 Å². The molecule has 86 valence electrons. The van der Waals surface area contributed by atoms with Crippen molar-refractivity contribution in [1.29, 1.82) is 0 Å². The first-order chi connectivity index (χ1) is 7.09. The maximum Gasteiger partial charge on any atom is 0.321 e. The number of halogens is 1. The summed E-state index contributed by atoms with van der Waals surface area (Å²) in [6, 6.07) is -0.455. The molecule has 0 aliphatic heterocycles. The van der Waals surface area contributed by atoms with Gasteiger partial charge in [0.2, 0.25) is 5.91 Å². The van der Waals surface area contributed by atoms with Gasteiger partial charge < -0.3 is 5.32 Å². The van der Waals surface area contributed by atoms with E-state index in [0.29, 0.717) is 6.54 Å². The summed E-state index contributed by atoms with van der Waals surface area (Å²) in [7, 11) is 0. The summed E-state index contributed by atoms with van der Waals surface area (Å²) >= 11 is 5.49. The molecule has 0 aromatic heterocycles. The van der Waals surface area contributed by atoms with Crippen LogP contribution in [0.3, 0.4) is 0 Å². The van der Waals surface area contributed by atoms with Crippen LogP contribution in [0, 0.1) is 5.92 Å². The third kappa shape index (κ3) is 5.62. The van der Waals surface area contributed by atoms with E-state index in [2.05, 4.69) is 10.6 Å². The fraction of sp³-hybridized carbons (Fsp3) is 0.800. The molecule has 1 saturated carbocycles. The van der Waals surface area contributed by atoms with Gasteiger partial charge in [-0.15, -0.1) is 11.6 Å². The summed E-state index contributed by atoms with van der Waals surface area (Å²) in [6.07, 6.45) is 4.80. The van der Waals surface area contributed by atoms with Gasteiger partial charge in [0.25, 0.3) is 0 Å². The Bertz CT molecular complexity index is 240. The van der Waals surface area contributed by atoms with E-state index >= 15 is 0 Å². The summed E-state index contributed by atoms with van der Waals surface area (Å²) in [5.41, 5.74) is 0. The maximum absolute atomic E-state index is 11.1. The van der Waals surface area contributed by atoms with Gasteiger partial charge in [0.05, 0.1) is 0 Å². The van der Waals surface area contributed by atoms with Gasteiger partial charge in [-0.1, -0.05) is 12.8 Å². The molecule has 0 heterocycles. The Hall–Kier alpha value is -0.770. The summed E-state index contributed by atoms with van der Waals surface area (Å²) in [4.78, 5) is 22.1. The van der Waals surface area contributed by atoms with Crippen LogP contribution >= 0.6 is 11.6 Å². The average Bonchev–Trinajstić information content (AvgIpc) is 2.95. The van der Waals surface area contributed by atoms with E-state index < -0.39 is 17.3 Å². The van der Waals surface area contributed by atoms with Gasteiger partial charge in [-0.2, -0.15) is 0 Å². The number of hydrogen-bond acceptors (Lipinski definition) is 2. The molecule has 1 rings (SSSR count). The lowest BCUT2D eigenvalue weighted by molar-refractivity contribution is -0.119. The quantitative estimate of drug-likeness (QED) is 0.559. The molecule has 1 fully saturated rings. The van der Waals surface area contributed by atoms with Crippen LogP contribution in [0.25, 0.3) is 0 Å². The first-order valence-corrected chi connectivity index (χ1v) is 5.76. The Labute approximate surface area is 94.7 Å². The Morgan fingerprint density at radius 3 is 2.67 bits per heavy atom. The van der Waals surface area contributed by atoms with Crippen LogP contribution in [-0.2, 0) is 4.79 Å². The highest BCUT2D eigenvalue weighted by Crippen LogP contribution is 2.33. The van der Waals surface area contributed by atoms with Crippen LogP contribution in [0.5, 0.6) is 0 Å². The van der Waals surface area contributed by atoms with E-state index in [1.54, 1.807) is 0 Å². The molecule has 4 nitrogen and oxygen atoms in total. The smallest absolute Gasteiger partial charge is 0.321 e. The molecule has 5 heteroatoms. The molecule has 2 N–H and O–H groups in total.